The van der Waals surface area contributed by atoms with E-state index in [2.05, 4.69) is 10.0 Å². The molecular formula is C17H19ClN2O3S. The van der Waals surface area contributed by atoms with E-state index in [9.17, 15) is 13.2 Å². The summed E-state index contributed by atoms with van der Waals surface area (Å²) in [7, 11) is -3.70. The molecule has 0 saturated carbocycles. The number of amides is 1. The zero-order valence-corrected chi connectivity index (χ0v) is 15.0. The third-order valence-electron chi connectivity index (χ3n) is 3.51. The van der Waals surface area contributed by atoms with Crippen molar-refractivity contribution in [1.82, 2.24) is 5.32 Å². The van der Waals surface area contributed by atoms with Gasteiger partial charge in [0.2, 0.25) is 0 Å². The lowest BCUT2D eigenvalue weighted by Gasteiger charge is -2.13. The Morgan fingerprint density at radius 1 is 1.17 bits per heavy atom. The summed E-state index contributed by atoms with van der Waals surface area (Å²) in [6.45, 7) is 3.86. The van der Waals surface area contributed by atoms with Crippen LogP contribution in [0.3, 0.4) is 0 Å². The lowest BCUT2D eigenvalue weighted by Crippen LogP contribution is -2.32. The van der Waals surface area contributed by atoms with Crippen molar-refractivity contribution in [1.29, 1.82) is 0 Å². The molecule has 0 radical (unpaired) electrons. The number of anilines is 1. The lowest BCUT2D eigenvalue weighted by atomic mass is 10.1. The average molecular weight is 367 g/mol. The molecule has 0 aliphatic heterocycles. The molecule has 1 atom stereocenters. The van der Waals surface area contributed by atoms with Crippen LogP contribution in [0.25, 0.3) is 0 Å². The van der Waals surface area contributed by atoms with Gasteiger partial charge in [-0.15, -0.1) is 0 Å². The third kappa shape index (κ3) is 4.49. The maximum Gasteiger partial charge on any atom is 0.261 e. The smallest absolute Gasteiger partial charge is 0.261 e. The molecule has 0 spiro atoms. The Kier molecular flexibility index (Phi) is 5.85. The number of carbonyl (C=O) groups excluding carboxylic acids is 1. The van der Waals surface area contributed by atoms with E-state index < -0.39 is 10.0 Å². The number of rotatable bonds is 6. The van der Waals surface area contributed by atoms with Crippen molar-refractivity contribution >= 4 is 33.2 Å². The Balaban J connectivity index is 2.20. The minimum Gasteiger partial charge on any atom is -0.350 e. The van der Waals surface area contributed by atoms with Crippen LogP contribution < -0.4 is 10.0 Å². The van der Waals surface area contributed by atoms with Gasteiger partial charge in [0.1, 0.15) is 0 Å². The SMILES string of the molecule is CC[C@H](C)NC(=O)c1ccc(NS(=O)(=O)c2ccccc2)cc1Cl. The second kappa shape index (κ2) is 7.68. The lowest BCUT2D eigenvalue weighted by molar-refractivity contribution is 0.0939. The first-order chi connectivity index (χ1) is 11.3. The van der Waals surface area contributed by atoms with Crippen LogP contribution >= 0.6 is 11.6 Å². The molecule has 0 fully saturated rings. The Morgan fingerprint density at radius 2 is 1.83 bits per heavy atom. The molecule has 0 saturated heterocycles. The number of carbonyl (C=O) groups is 1. The van der Waals surface area contributed by atoms with Crippen LogP contribution in [-0.4, -0.2) is 20.4 Å². The number of nitrogens with one attached hydrogen (secondary N) is 2. The summed E-state index contributed by atoms with van der Waals surface area (Å²) in [5.74, 6) is -0.285. The molecule has 2 aromatic carbocycles. The molecule has 2 aromatic rings. The number of hydrogen-bond acceptors (Lipinski definition) is 3. The van der Waals surface area contributed by atoms with Gasteiger partial charge in [0.25, 0.3) is 15.9 Å². The van der Waals surface area contributed by atoms with Crippen molar-refractivity contribution in [2.24, 2.45) is 0 Å². The van der Waals surface area contributed by atoms with Gasteiger partial charge in [-0.1, -0.05) is 36.7 Å². The van der Waals surface area contributed by atoms with E-state index in [0.717, 1.165) is 6.42 Å². The molecule has 0 bridgehead atoms. The van der Waals surface area contributed by atoms with Crippen molar-refractivity contribution in [3.63, 3.8) is 0 Å². The van der Waals surface area contributed by atoms with Crippen molar-refractivity contribution in [2.45, 2.75) is 31.2 Å². The Bertz CT molecular complexity index is 823. The maximum absolute atomic E-state index is 12.3. The van der Waals surface area contributed by atoms with Crippen LogP contribution in [0.5, 0.6) is 0 Å². The fourth-order valence-electron chi connectivity index (χ4n) is 1.98. The van der Waals surface area contributed by atoms with Gasteiger partial charge in [0.15, 0.2) is 0 Å². The van der Waals surface area contributed by atoms with E-state index >= 15 is 0 Å². The van der Waals surface area contributed by atoms with Crippen molar-refractivity contribution in [3.8, 4) is 0 Å². The van der Waals surface area contributed by atoms with Crippen molar-refractivity contribution < 1.29 is 13.2 Å². The molecule has 0 aromatic heterocycles. The normalized spacial score (nSPS) is 12.5. The molecule has 0 heterocycles. The minimum absolute atomic E-state index is 0.0322. The van der Waals surface area contributed by atoms with Crippen molar-refractivity contribution in [3.05, 3.63) is 59.1 Å². The fourth-order valence-corrected chi connectivity index (χ4v) is 3.32. The predicted molar refractivity (Wildman–Crippen MR) is 95.9 cm³/mol. The molecule has 0 aliphatic rings. The van der Waals surface area contributed by atoms with Gasteiger partial charge in [-0.25, -0.2) is 8.42 Å². The van der Waals surface area contributed by atoms with Crippen LogP contribution in [0.1, 0.15) is 30.6 Å². The highest BCUT2D eigenvalue weighted by atomic mass is 35.5. The Morgan fingerprint density at radius 3 is 2.42 bits per heavy atom. The minimum atomic E-state index is -3.70. The number of halogens is 1. The Hall–Kier alpha value is -2.05. The highest BCUT2D eigenvalue weighted by Crippen LogP contribution is 2.23. The van der Waals surface area contributed by atoms with Gasteiger partial charge >= 0.3 is 0 Å². The third-order valence-corrected chi connectivity index (χ3v) is 5.22. The second-order valence-electron chi connectivity index (χ2n) is 5.40. The molecule has 0 unspecified atom stereocenters. The van der Waals surface area contributed by atoms with Gasteiger partial charge in [-0.3, -0.25) is 9.52 Å². The fraction of sp³-hybridized carbons (Fsp3) is 0.235. The van der Waals surface area contributed by atoms with Gasteiger partial charge in [-0.2, -0.15) is 0 Å². The molecule has 7 heteroatoms. The summed E-state index contributed by atoms with van der Waals surface area (Å²) in [6, 6.07) is 12.5. The molecule has 128 valence electrons. The molecular weight excluding hydrogens is 348 g/mol. The zero-order chi connectivity index (χ0) is 17.7. The maximum atomic E-state index is 12.3. The first kappa shape index (κ1) is 18.3. The number of hydrogen-bond donors (Lipinski definition) is 2. The molecule has 2 N–H and O–H groups in total. The largest absolute Gasteiger partial charge is 0.350 e. The average Bonchev–Trinajstić information content (AvgIpc) is 2.55. The Labute approximate surface area is 147 Å². The highest BCUT2D eigenvalue weighted by molar-refractivity contribution is 7.92. The topological polar surface area (TPSA) is 75.3 Å². The molecule has 5 nitrogen and oxygen atoms in total. The number of sulfonamides is 1. The van der Waals surface area contributed by atoms with E-state index in [1.54, 1.807) is 18.2 Å². The zero-order valence-electron chi connectivity index (χ0n) is 13.4. The van der Waals surface area contributed by atoms with E-state index in [-0.39, 0.29) is 21.9 Å². The van der Waals surface area contributed by atoms with E-state index in [4.69, 9.17) is 11.6 Å². The van der Waals surface area contributed by atoms with Gasteiger partial charge in [0, 0.05) is 6.04 Å². The standard InChI is InChI=1S/C17H19ClN2O3S/c1-3-12(2)19-17(21)15-10-9-13(11-16(15)18)20-24(22,23)14-7-5-4-6-8-14/h4-12,20H,3H2,1-2H3,(H,19,21)/t12-/m0/s1. The van der Waals surface area contributed by atoms with E-state index in [1.807, 2.05) is 13.8 Å². The second-order valence-corrected chi connectivity index (χ2v) is 7.49. The van der Waals surface area contributed by atoms with E-state index in [0.29, 0.717) is 11.3 Å². The first-order valence-corrected chi connectivity index (χ1v) is 9.38. The quantitative estimate of drug-likeness (QED) is 0.819. The summed E-state index contributed by atoms with van der Waals surface area (Å²) in [4.78, 5) is 12.3. The molecule has 0 aliphatic carbocycles. The van der Waals surface area contributed by atoms with E-state index in [1.165, 1.54) is 30.3 Å². The summed E-state index contributed by atoms with van der Waals surface area (Å²) < 4.78 is 27.0. The van der Waals surface area contributed by atoms with Crippen molar-refractivity contribution in [2.75, 3.05) is 4.72 Å². The summed E-state index contributed by atoms with van der Waals surface area (Å²) in [5, 5.41) is 3.00. The molecule has 24 heavy (non-hydrogen) atoms. The van der Waals surface area contributed by atoms with Crippen LogP contribution in [0.4, 0.5) is 5.69 Å². The van der Waals surface area contributed by atoms with Crippen LogP contribution in [0.2, 0.25) is 5.02 Å². The summed E-state index contributed by atoms with van der Waals surface area (Å²) >= 11 is 6.13. The summed E-state index contributed by atoms with van der Waals surface area (Å²) in [6.07, 6.45) is 0.804. The van der Waals surface area contributed by atoms with Gasteiger partial charge in [-0.05, 0) is 43.7 Å². The van der Waals surface area contributed by atoms with Crippen LogP contribution in [0, 0.1) is 0 Å². The highest BCUT2D eigenvalue weighted by Gasteiger charge is 2.16. The van der Waals surface area contributed by atoms with Crippen LogP contribution in [-0.2, 0) is 10.0 Å². The number of benzene rings is 2. The monoisotopic (exact) mass is 366 g/mol. The first-order valence-electron chi connectivity index (χ1n) is 7.51. The molecule has 2 rings (SSSR count). The molecule has 1 amide bonds. The van der Waals surface area contributed by atoms with Gasteiger partial charge < -0.3 is 5.32 Å². The summed E-state index contributed by atoms with van der Waals surface area (Å²) in [5.41, 5.74) is 0.601. The van der Waals surface area contributed by atoms with Crippen LogP contribution in [0.15, 0.2) is 53.4 Å². The van der Waals surface area contributed by atoms with Gasteiger partial charge in [0.05, 0.1) is 21.2 Å². The predicted octanol–water partition coefficient (Wildman–Crippen LogP) is 3.67.